The van der Waals surface area contributed by atoms with Crippen LogP contribution in [0.1, 0.15) is 28.7 Å². The number of benzene rings is 5. The van der Waals surface area contributed by atoms with Gasteiger partial charge in [0.25, 0.3) is 0 Å². The van der Waals surface area contributed by atoms with Crippen LogP contribution in [-0.2, 0) is 6.42 Å². The van der Waals surface area contributed by atoms with Gasteiger partial charge in [-0.15, -0.1) is 0 Å². The van der Waals surface area contributed by atoms with Crippen LogP contribution in [0.5, 0.6) is 0 Å². The van der Waals surface area contributed by atoms with Crippen molar-refractivity contribution < 1.29 is 0 Å². The lowest BCUT2D eigenvalue weighted by Crippen LogP contribution is -2.12. The van der Waals surface area contributed by atoms with E-state index >= 15 is 0 Å². The van der Waals surface area contributed by atoms with Crippen molar-refractivity contribution in [3.63, 3.8) is 0 Å². The molecule has 1 heterocycles. The van der Waals surface area contributed by atoms with Gasteiger partial charge in [-0.3, -0.25) is 0 Å². The molecule has 7 rings (SSSR count). The molecule has 0 saturated carbocycles. The third-order valence-corrected chi connectivity index (χ3v) is 7.63. The Morgan fingerprint density at radius 2 is 1.41 bits per heavy atom. The van der Waals surface area contributed by atoms with Gasteiger partial charge in [0.2, 0.25) is 0 Å². The molecular weight excluding hydrogens is 446 g/mol. The number of hydrogen-bond acceptors (Lipinski definition) is 1. The maximum atomic E-state index is 4.41. The molecule has 5 aromatic carbocycles. The van der Waals surface area contributed by atoms with E-state index in [9.17, 15) is 0 Å². The molecule has 1 aliphatic heterocycles. The third-order valence-electron chi connectivity index (χ3n) is 7.63. The van der Waals surface area contributed by atoms with Crippen LogP contribution < -0.4 is 4.90 Å². The van der Waals surface area contributed by atoms with E-state index in [1.54, 1.807) is 0 Å². The Kier molecular flexibility index (Phi) is 5.15. The topological polar surface area (TPSA) is 3.24 Å². The molecule has 0 saturated heterocycles. The van der Waals surface area contributed by atoms with Crippen LogP contribution in [0.2, 0.25) is 0 Å². The summed E-state index contributed by atoms with van der Waals surface area (Å²) in [5.41, 5.74) is 9.63. The smallest absolute Gasteiger partial charge is 0.0533 e. The highest BCUT2D eigenvalue weighted by molar-refractivity contribution is 6.13. The lowest BCUT2D eigenvalue weighted by Gasteiger charge is -2.27. The van der Waals surface area contributed by atoms with Crippen molar-refractivity contribution in [2.75, 3.05) is 4.90 Å². The SMILES string of the molecule is C=C1/C=C\C(c2ccc3c(c2)c2c(c4ccccc43)C=CCC2)=C/N(c2ccccc2)c2ccccc21. The van der Waals surface area contributed by atoms with Gasteiger partial charge in [0.05, 0.1) is 5.69 Å². The molecule has 0 unspecified atom stereocenters. The first kappa shape index (κ1) is 21.6. The van der Waals surface area contributed by atoms with E-state index in [0.717, 1.165) is 40.9 Å². The minimum absolute atomic E-state index is 1.01. The van der Waals surface area contributed by atoms with E-state index in [1.165, 1.54) is 38.2 Å². The number of para-hydroxylation sites is 2. The van der Waals surface area contributed by atoms with E-state index in [4.69, 9.17) is 0 Å². The van der Waals surface area contributed by atoms with Gasteiger partial charge in [0.1, 0.15) is 0 Å². The Morgan fingerprint density at radius 3 is 2.30 bits per heavy atom. The number of hydrogen-bond donors (Lipinski definition) is 0. The number of allylic oxidation sites excluding steroid dienone is 5. The monoisotopic (exact) mass is 473 g/mol. The summed E-state index contributed by atoms with van der Waals surface area (Å²) in [4.78, 5) is 2.29. The lowest BCUT2D eigenvalue weighted by atomic mass is 9.85. The third kappa shape index (κ3) is 3.63. The summed E-state index contributed by atoms with van der Waals surface area (Å²) in [7, 11) is 0. The molecule has 1 heteroatoms. The van der Waals surface area contributed by atoms with E-state index < -0.39 is 0 Å². The molecule has 0 atom stereocenters. The largest absolute Gasteiger partial charge is 0.316 e. The van der Waals surface area contributed by atoms with Gasteiger partial charge in [-0.05, 0) is 86.5 Å². The molecule has 5 aromatic rings. The fourth-order valence-corrected chi connectivity index (χ4v) is 5.82. The second kappa shape index (κ2) is 8.80. The minimum Gasteiger partial charge on any atom is -0.316 e. The van der Waals surface area contributed by atoms with Crippen LogP contribution >= 0.6 is 0 Å². The minimum atomic E-state index is 1.01. The predicted molar refractivity (Wildman–Crippen MR) is 160 cm³/mol. The number of fused-ring (bicyclic) bond motifs is 7. The highest BCUT2D eigenvalue weighted by Crippen LogP contribution is 2.40. The van der Waals surface area contributed by atoms with Gasteiger partial charge >= 0.3 is 0 Å². The molecule has 0 radical (unpaired) electrons. The predicted octanol–water partition coefficient (Wildman–Crippen LogP) is 9.71. The van der Waals surface area contributed by atoms with Crippen molar-refractivity contribution in [1.82, 2.24) is 0 Å². The number of nitrogens with zero attached hydrogens (tertiary/aromatic N) is 1. The Hall–Kier alpha value is -4.62. The number of rotatable bonds is 2. The molecule has 0 spiro atoms. The molecule has 37 heavy (non-hydrogen) atoms. The second-order valence-corrected chi connectivity index (χ2v) is 9.80. The molecule has 0 N–H and O–H groups in total. The standard InChI is InChI=1S/C36H27N/c1-25-19-20-27(24-37(28-11-3-2-4-12-28)36-18-10-9-13-29(25)36)26-21-22-34-32-16-6-5-14-30(32)31-15-7-8-17-33(31)35(34)23-26/h2-7,9-16,18-24H,1,8,17H2/b20-19-,27-24+. The van der Waals surface area contributed by atoms with E-state index in [1.807, 2.05) is 0 Å². The lowest BCUT2D eigenvalue weighted by molar-refractivity contribution is 1.00. The fraction of sp³-hybridized carbons (Fsp3) is 0.0556. The summed E-state index contributed by atoms with van der Waals surface area (Å²) in [6.45, 7) is 4.41. The summed E-state index contributed by atoms with van der Waals surface area (Å²) in [5, 5.41) is 5.36. The fourth-order valence-electron chi connectivity index (χ4n) is 5.82. The van der Waals surface area contributed by atoms with Crippen molar-refractivity contribution in [1.29, 1.82) is 0 Å². The van der Waals surface area contributed by atoms with Crippen LogP contribution in [0.4, 0.5) is 11.4 Å². The van der Waals surface area contributed by atoms with Crippen LogP contribution in [0, 0.1) is 0 Å². The van der Waals surface area contributed by atoms with Crippen LogP contribution in [-0.4, -0.2) is 0 Å². The summed E-state index contributed by atoms with van der Waals surface area (Å²) >= 11 is 0. The Labute approximate surface area is 218 Å². The molecule has 176 valence electrons. The highest BCUT2D eigenvalue weighted by atomic mass is 15.1. The first-order chi connectivity index (χ1) is 18.3. The summed E-state index contributed by atoms with van der Waals surface area (Å²) < 4.78 is 0. The molecule has 1 aliphatic carbocycles. The van der Waals surface area contributed by atoms with Gasteiger partial charge in [0, 0.05) is 17.5 Å². The van der Waals surface area contributed by atoms with Crippen molar-refractivity contribution >= 4 is 50.1 Å². The molecule has 2 aliphatic rings. The summed E-state index contributed by atoms with van der Waals surface area (Å²) in [6, 6.07) is 34.9. The Bertz CT molecular complexity index is 1780. The highest BCUT2D eigenvalue weighted by Gasteiger charge is 2.18. The van der Waals surface area contributed by atoms with Gasteiger partial charge in [0.15, 0.2) is 0 Å². The van der Waals surface area contributed by atoms with Gasteiger partial charge < -0.3 is 4.90 Å². The van der Waals surface area contributed by atoms with E-state index in [2.05, 4.69) is 139 Å². The van der Waals surface area contributed by atoms with Crippen molar-refractivity contribution in [2.24, 2.45) is 0 Å². The zero-order valence-electron chi connectivity index (χ0n) is 20.7. The van der Waals surface area contributed by atoms with Gasteiger partial charge in [-0.1, -0.05) is 104 Å². The van der Waals surface area contributed by atoms with E-state index in [-0.39, 0.29) is 0 Å². The van der Waals surface area contributed by atoms with Crippen molar-refractivity contribution in [3.05, 3.63) is 150 Å². The zero-order chi connectivity index (χ0) is 24.8. The van der Waals surface area contributed by atoms with Gasteiger partial charge in [-0.2, -0.15) is 0 Å². The molecule has 0 bridgehead atoms. The van der Waals surface area contributed by atoms with Crippen molar-refractivity contribution in [2.45, 2.75) is 12.8 Å². The van der Waals surface area contributed by atoms with Crippen LogP contribution in [0.25, 0.3) is 38.8 Å². The summed E-state index contributed by atoms with van der Waals surface area (Å²) in [5.74, 6) is 0. The second-order valence-electron chi connectivity index (χ2n) is 9.80. The molecule has 0 fully saturated rings. The average Bonchev–Trinajstić information content (AvgIpc) is 2.97. The van der Waals surface area contributed by atoms with E-state index in [0.29, 0.717) is 0 Å². The summed E-state index contributed by atoms with van der Waals surface area (Å²) in [6.07, 6.45) is 13.4. The van der Waals surface area contributed by atoms with Gasteiger partial charge in [-0.25, -0.2) is 0 Å². The number of anilines is 2. The van der Waals surface area contributed by atoms with Crippen LogP contribution in [0.15, 0.2) is 128 Å². The average molecular weight is 474 g/mol. The quantitative estimate of drug-likeness (QED) is 0.231. The number of aryl methyl sites for hydroxylation is 1. The maximum absolute atomic E-state index is 4.41. The Morgan fingerprint density at radius 1 is 0.649 bits per heavy atom. The normalized spacial score (nSPS) is 17.0. The Balaban J connectivity index is 1.47. The maximum Gasteiger partial charge on any atom is 0.0533 e. The first-order valence-corrected chi connectivity index (χ1v) is 12.9. The van der Waals surface area contributed by atoms with Crippen molar-refractivity contribution in [3.8, 4) is 0 Å². The molecular formula is C36H27N. The van der Waals surface area contributed by atoms with Crippen LogP contribution in [0.3, 0.4) is 0 Å². The zero-order valence-corrected chi connectivity index (χ0v) is 20.7. The molecule has 0 amide bonds. The first-order valence-electron chi connectivity index (χ1n) is 12.9. The molecule has 1 nitrogen and oxygen atoms in total. The molecule has 0 aromatic heterocycles.